The maximum atomic E-state index is 11.1. The maximum absolute atomic E-state index is 11.1. The Morgan fingerprint density at radius 3 is 1.75 bits per heavy atom. The smallest absolute Gasteiger partial charge is 0.264 e. The molecule has 0 heterocycles. The summed E-state index contributed by atoms with van der Waals surface area (Å²) in [5.41, 5.74) is 2.88. The van der Waals surface area contributed by atoms with Crippen molar-refractivity contribution in [2.75, 3.05) is 65.2 Å². The number of benzene rings is 2. The van der Waals surface area contributed by atoms with E-state index in [9.17, 15) is 8.42 Å². The van der Waals surface area contributed by atoms with Crippen molar-refractivity contribution in [1.82, 2.24) is 0 Å². The quantitative estimate of drug-likeness (QED) is 0.0650. The molecule has 0 aromatic heterocycles. The van der Waals surface area contributed by atoms with Crippen LogP contribution in [0.3, 0.4) is 0 Å². The summed E-state index contributed by atoms with van der Waals surface area (Å²) in [6.45, 7) is 8.55. The number of hydrogen-bond donors (Lipinski definition) is 1. The van der Waals surface area contributed by atoms with Gasteiger partial charge in [-0.15, -0.1) is 5.92 Å². The average Bonchev–Trinajstić information content (AvgIpc) is 2.94. The molecule has 0 fully saturated rings. The number of alkyl halides is 1. The number of nitrogens with zero attached hydrogens (tertiary/aromatic N) is 1. The number of rotatable bonds is 18. The largest absolute Gasteiger partial charge is 0.493 e. The first-order valence-electron chi connectivity index (χ1n) is 15.0. The molecule has 0 amide bonds. The lowest BCUT2D eigenvalue weighted by atomic mass is 10.1. The highest BCUT2D eigenvalue weighted by Crippen LogP contribution is 2.31. The summed E-state index contributed by atoms with van der Waals surface area (Å²) in [6.07, 6.45) is 3.76. The standard InChI is InChI=1S/C34H46BrNO7S/c1-7-9-18-41-34-25-28(13-8-2)33(43-21-12-22-44(37,38)39)26-30(34)15-14-29-24-31(40-19-10-16-35)27(3)23-32(29)42-20-11-17-36(4,5)6/h23-26H,7,9-12,16-22H2,1-6H3/p+1. The summed E-state index contributed by atoms with van der Waals surface area (Å²) in [5, 5.41) is 0.853. The van der Waals surface area contributed by atoms with Crippen LogP contribution in [0.1, 0.15) is 68.2 Å². The van der Waals surface area contributed by atoms with Crippen molar-refractivity contribution in [1.29, 1.82) is 0 Å². The van der Waals surface area contributed by atoms with Gasteiger partial charge in [-0.25, -0.2) is 0 Å². The highest BCUT2D eigenvalue weighted by molar-refractivity contribution is 9.09. The van der Waals surface area contributed by atoms with Gasteiger partial charge >= 0.3 is 0 Å². The molecule has 0 saturated carbocycles. The van der Waals surface area contributed by atoms with Crippen molar-refractivity contribution >= 4 is 26.0 Å². The highest BCUT2D eigenvalue weighted by atomic mass is 79.9. The van der Waals surface area contributed by atoms with Crippen molar-refractivity contribution in [3.8, 4) is 46.7 Å². The fourth-order valence-corrected chi connectivity index (χ4v) is 4.72. The Bertz CT molecular complexity index is 1440. The zero-order valence-corrected chi connectivity index (χ0v) is 29.3. The number of halogens is 1. The maximum Gasteiger partial charge on any atom is 0.264 e. The summed E-state index contributed by atoms with van der Waals surface area (Å²) >= 11 is 3.45. The second kappa shape index (κ2) is 18.8. The van der Waals surface area contributed by atoms with Gasteiger partial charge in [-0.05, 0) is 50.8 Å². The molecule has 0 aliphatic carbocycles. The van der Waals surface area contributed by atoms with E-state index in [0.29, 0.717) is 53.8 Å². The lowest BCUT2D eigenvalue weighted by Crippen LogP contribution is -2.35. The molecule has 0 aliphatic rings. The van der Waals surface area contributed by atoms with E-state index in [0.717, 1.165) is 53.4 Å². The minimum Gasteiger partial charge on any atom is -0.493 e. The summed E-state index contributed by atoms with van der Waals surface area (Å²) in [6, 6.07) is 7.47. The lowest BCUT2D eigenvalue weighted by Gasteiger charge is -2.23. The van der Waals surface area contributed by atoms with Crippen LogP contribution in [0.25, 0.3) is 0 Å². The zero-order chi connectivity index (χ0) is 32.6. The van der Waals surface area contributed by atoms with Crippen LogP contribution in [0.4, 0.5) is 0 Å². The first-order valence-corrected chi connectivity index (χ1v) is 17.7. The highest BCUT2D eigenvalue weighted by Gasteiger charge is 2.14. The number of ether oxygens (including phenoxy) is 4. The van der Waals surface area contributed by atoms with Gasteiger partial charge < -0.3 is 23.4 Å². The topological polar surface area (TPSA) is 91.3 Å². The third-order valence-corrected chi connectivity index (χ3v) is 7.64. The van der Waals surface area contributed by atoms with Crippen molar-refractivity contribution in [3.05, 3.63) is 46.5 Å². The van der Waals surface area contributed by atoms with Gasteiger partial charge in [0.1, 0.15) is 23.0 Å². The second-order valence-corrected chi connectivity index (χ2v) is 13.7. The molecule has 2 rings (SSSR count). The van der Waals surface area contributed by atoms with Gasteiger partial charge in [0.15, 0.2) is 0 Å². The molecule has 0 spiro atoms. The van der Waals surface area contributed by atoms with E-state index in [1.165, 1.54) is 0 Å². The van der Waals surface area contributed by atoms with Gasteiger partial charge in [-0.3, -0.25) is 4.55 Å². The first-order chi connectivity index (χ1) is 20.9. The van der Waals surface area contributed by atoms with Crippen molar-refractivity contribution < 1.29 is 36.4 Å². The summed E-state index contributed by atoms with van der Waals surface area (Å²) < 4.78 is 56.6. The van der Waals surface area contributed by atoms with Crippen LogP contribution in [-0.2, 0) is 10.1 Å². The molecule has 0 atom stereocenters. The number of hydrogen-bond acceptors (Lipinski definition) is 6. The third kappa shape index (κ3) is 14.3. The van der Waals surface area contributed by atoms with Crippen molar-refractivity contribution in [2.24, 2.45) is 0 Å². The number of unbranched alkanes of at least 4 members (excludes halogenated alkanes) is 1. The SMILES string of the molecule is CC#Cc1cc(OCCCC)c(C#Cc2cc(OCCCBr)c(C)cc2OCCC[N+](C)(C)C)cc1OCCCS(=O)(=O)O. The predicted molar refractivity (Wildman–Crippen MR) is 180 cm³/mol. The Hall–Kier alpha value is -2.89. The van der Waals surface area contributed by atoms with Gasteiger partial charge in [0.25, 0.3) is 10.1 Å². The van der Waals surface area contributed by atoms with Crippen LogP contribution >= 0.6 is 15.9 Å². The van der Waals surface area contributed by atoms with Crippen LogP contribution in [0.2, 0.25) is 0 Å². The molecule has 0 unspecified atom stereocenters. The van der Waals surface area contributed by atoms with E-state index in [1.54, 1.807) is 19.1 Å². The van der Waals surface area contributed by atoms with E-state index in [4.69, 9.17) is 23.5 Å². The monoisotopic (exact) mass is 692 g/mol. The fraction of sp³-hybridized carbons (Fsp3) is 0.529. The molecule has 242 valence electrons. The molecule has 2 aromatic carbocycles. The number of aryl methyl sites for hydroxylation is 1. The minimum absolute atomic E-state index is 0.0828. The molecule has 0 aliphatic heterocycles. The Balaban J connectivity index is 2.53. The van der Waals surface area contributed by atoms with E-state index >= 15 is 0 Å². The van der Waals surface area contributed by atoms with Crippen molar-refractivity contribution in [2.45, 2.75) is 52.9 Å². The molecule has 44 heavy (non-hydrogen) atoms. The van der Waals surface area contributed by atoms with Crippen molar-refractivity contribution in [3.63, 3.8) is 0 Å². The molecule has 0 saturated heterocycles. The molecule has 8 nitrogen and oxygen atoms in total. The summed E-state index contributed by atoms with van der Waals surface area (Å²) in [5.74, 6) is 14.6. The Labute approximate surface area is 272 Å². The third-order valence-electron chi connectivity index (χ3n) is 6.28. The average molecular weight is 694 g/mol. The van der Waals surface area contributed by atoms with Gasteiger partial charge in [0.05, 0.1) is 76.6 Å². The predicted octanol–water partition coefficient (Wildman–Crippen LogP) is 6.24. The number of quaternary nitrogens is 1. The van der Waals surface area contributed by atoms with Gasteiger partial charge in [-0.2, -0.15) is 8.42 Å². The fourth-order valence-electron chi connectivity index (χ4n) is 4.01. The minimum atomic E-state index is -4.08. The van der Waals surface area contributed by atoms with Crippen LogP contribution in [0.5, 0.6) is 23.0 Å². The van der Waals surface area contributed by atoms with Gasteiger partial charge in [0, 0.05) is 23.9 Å². The van der Waals surface area contributed by atoms with E-state index in [-0.39, 0.29) is 13.0 Å². The van der Waals surface area contributed by atoms with Crippen LogP contribution < -0.4 is 18.9 Å². The second-order valence-electron chi connectivity index (χ2n) is 11.4. The molecular weight excluding hydrogens is 646 g/mol. The van der Waals surface area contributed by atoms with Gasteiger partial charge in [0.2, 0.25) is 0 Å². The lowest BCUT2D eigenvalue weighted by molar-refractivity contribution is -0.870. The van der Waals surface area contributed by atoms with E-state index in [2.05, 4.69) is 67.7 Å². The first kappa shape index (κ1) is 37.3. The molecule has 10 heteroatoms. The molecule has 0 bridgehead atoms. The Morgan fingerprint density at radius 2 is 1.23 bits per heavy atom. The van der Waals surface area contributed by atoms with E-state index in [1.807, 2.05) is 19.1 Å². The van der Waals surface area contributed by atoms with E-state index < -0.39 is 15.9 Å². The zero-order valence-electron chi connectivity index (χ0n) is 26.9. The Morgan fingerprint density at radius 1 is 0.750 bits per heavy atom. The molecule has 0 radical (unpaired) electrons. The molecule has 1 N–H and O–H groups in total. The van der Waals surface area contributed by atoms with Crippen LogP contribution in [-0.4, -0.2) is 82.7 Å². The summed E-state index contributed by atoms with van der Waals surface area (Å²) in [4.78, 5) is 0. The van der Waals surface area contributed by atoms with Crippen LogP contribution in [0, 0.1) is 30.6 Å². The molecule has 2 aromatic rings. The van der Waals surface area contributed by atoms with Gasteiger partial charge in [-0.1, -0.05) is 47.0 Å². The normalized spacial score (nSPS) is 11.2. The summed E-state index contributed by atoms with van der Waals surface area (Å²) in [7, 11) is 2.39. The Kier molecular flexibility index (Phi) is 15.9. The van der Waals surface area contributed by atoms with Crippen LogP contribution in [0.15, 0.2) is 24.3 Å². The molecular formula is C34H47BrNO7S+.